The second-order valence-corrected chi connectivity index (χ2v) is 5.44. The van der Waals surface area contributed by atoms with Crippen LogP contribution < -0.4 is 10.1 Å². The number of halogens is 1. The Hall–Kier alpha value is -2.83. The molecular weight excluding hydrogens is 315 g/mol. The summed E-state index contributed by atoms with van der Waals surface area (Å²) in [7, 11) is 1.41. The lowest BCUT2D eigenvalue weighted by atomic mass is 10.0. The number of furan rings is 1. The Morgan fingerprint density at radius 1 is 1.42 bits per heavy atom. The van der Waals surface area contributed by atoms with Gasteiger partial charge in [-0.25, -0.2) is 4.39 Å². The summed E-state index contributed by atoms with van der Waals surface area (Å²) >= 11 is 0. The predicted molar refractivity (Wildman–Crippen MR) is 84.8 cm³/mol. The van der Waals surface area contributed by atoms with Crippen LogP contribution in [0.1, 0.15) is 28.3 Å². The smallest absolute Gasteiger partial charge is 0.287 e. The van der Waals surface area contributed by atoms with Crippen LogP contribution in [-0.4, -0.2) is 31.4 Å². The topological polar surface area (TPSA) is 73.1 Å². The van der Waals surface area contributed by atoms with Gasteiger partial charge in [-0.15, -0.1) is 0 Å². The molecule has 1 aromatic heterocycles. The molecular formula is C17H17FN2O4. The fraction of sp³-hybridized carbons (Fsp3) is 0.294. The van der Waals surface area contributed by atoms with E-state index in [0.29, 0.717) is 23.5 Å². The fourth-order valence-electron chi connectivity index (χ4n) is 2.40. The van der Waals surface area contributed by atoms with E-state index in [4.69, 9.17) is 14.0 Å². The zero-order chi connectivity index (χ0) is 17.1. The van der Waals surface area contributed by atoms with Gasteiger partial charge < -0.3 is 19.3 Å². The largest absolute Gasteiger partial charge is 0.494 e. The molecule has 1 amide bonds. The lowest BCUT2D eigenvalue weighted by molar-refractivity contribution is 0.0739. The molecule has 1 aliphatic rings. The van der Waals surface area contributed by atoms with Gasteiger partial charge in [-0.2, -0.15) is 0 Å². The number of oxime groups is 1. The second-order valence-electron chi connectivity index (χ2n) is 5.44. The van der Waals surface area contributed by atoms with E-state index in [1.54, 1.807) is 31.2 Å². The minimum absolute atomic E-state index is 0.177. The van der Waals surface area contributed by atoms with Crippen LogP contribution in [0.15, 0.2) is 39.9 Å². The van der Waals surface area contributed by atoms with E-state index in [2.05, 4.69) is 10.5 Å². The quantitative estimate of drug-likeness (QED) is 0.913. The van der Waals surface area contributed by atoms with Gasteiger partial charge in [-0.3, -0.25) is 4.79 Å². The standard InChI is InChI=1S/C17H17FN2O4/c1-10-3-5-16(23-10)17(21)19-9-12-8-14(20-24-12)11-4-6-15(22-2)13(18)7-11/h3-7,12H,8-9H2,1-2H3,(H,19,21)/t12-/m0/s1. The highest BCUT2D eigenvalue weighted by Crippen LogP contribution is 2.22. The van der Waals surface area contributed by atoms with Gasteiger partial charge in [0.2, 0.25) is 0 Å². The monoisotopic (exact) mass is 332 g/mol. The van der Waals surface area contributed by atoms with Crippen molar-refractivity contribution < 1.29 is 23.2 Å². The van der Waals surface area contributed by atoms with Crippen LogP contribution >= 0.6 is 0 Å². The third-order valence-corrected chi connectivity index (χ3v) is 3.67. The van der Waals surface area contributed by atoms with Crippen molar-refractivity contribution in [3.8, 4) is 5.75 Å². The van der Waals surface area contributed by atoms with E-state index in [-0.39, 0.29) is 30.1 Å². The number of benzene rings is 1. The normalized spacial score (nSPS) is 16.5. The Morgan fingerprint density at radius 3 is 2.92 bits per heavy atom. The molecule has 2 aromatic rings. The Kier molecular flexibility index (Phi) is 4.50. The molecule has 6 nitrogen and oxygen atoms in total. The molecule has 7 heteroatoms. The number of nitrogens with one attached hydrogen (secondary N) is 1. The van der Waals surface area contributed by atoms with E-state index in [0.717, 1.165) is 0 Å². The number of methoxy groups -OCH3 is 1. The molecule has 2 heterocycles. The van der Waals surface area contributed by atoms with Gasteiger partial charge in [0.15, 0.2) is 17.3 Å². The number of ether oxygens (including phenoxy) is 1. The molecule has 0 fully saturated rings. The average Bonchev–Trinajstić information content (AvgIpc) is 3.21. The number of nitrogens with zero attached hydrogens (tertiary/aromatic N) is 1. The molecule has 1 N–H and O–H groups in total. The summed E-state index contributed by atoms with van der Waals surface area (Å²) in [6.45, 7) is 2.05. The highest BCUT2D eigenvalue weighted by Gasteiger charge is 2.24. The molecule has 1 aliphatic heterocycles. The van der Waals surface area contributed by atoms with Crippen molar-refractivity contribution >= 4 is 11.6 Å². The van der Waals surface area contributed by atoms with Crippen LogP contribution in [0.3, 0.4) is 0 Å². The van der Waals surface area contributed by atoms with Crippen molar-refractivity contribution in [1.82, 2.24) is 5.32 Å². The summed E-state index contributed by atoms with van der Waals surface area (Å²) in [5.41, 5.74) is 1.26. The maximum Gasteiger partial charge on any atom is 0.287 e. The zero-order valence-electron chi connectivity index (χ0n) is 13.3. The number of carbonyl (C=O) groups is 1. The molecule has 0 unspecified atom stereocenters. The molecule has 0 radical (unpaired) electrons. The van der Waals surface area contributed by atoms with E-state index >= 15 is 0 Å². The number of hydrogen-bond donors (Lipinski definition) is 1. The van der Waals surface area contributed by atoms with Gasteiger partial charge in [0, 0.05) is 12.0 Å². The van der Waals surface area contributed by atoms with Crippen LogP contribution in [0.25, 0.3) is 0 Å². The minimum Gasteiger partial charge on any atom is -0.494 e. The van der Waals surface area contributed by atoms with Gasteiger partial charge in [0.05, 0.1) is 19.4 Å². The average molecular weight is 332 g/mol. The number of carbonyl (C=O) groups excluding carboxylic acids is 1. The first-order chi connectivity index (χ1) is 11.6. The molecule has 126 valence electrons. The molecule has 0 saturated heterocycles. The van der Waals surface area contributed by atoms with Gasteiger partial charge in [0.1, 0.15) is 11.9 Å². The summed E-state index contributed by atoms with van der Waals surface area (Å²) < 4.78 is 23.9. The highest BCUT2D eigenvalue weighted by atomic mass is 19.1. The Bertz CT molecular complexity index is 785. The Labute approximate surface area is 138 Å². The molecule has 0 bridgehead atoms. The van der Waals surface area contributed by atoms with E-state index < -0.39 is 5.82 Å². The van der Waals surface area contributed by atoms with Crippen molar-refractivity contribution in [2.24, 2.45) is 5.16 Å². The summed E-state index contributed by atoms with van der Waals surface area (Å²) in [5.74, 6) is 0.336. The van der Waals surface area contributed by atoms with Crippen LogP contribution in [0.4, 0.5) is 4.39 Å². The lowest BCUT2D eigenvalue weighted by Gasteiger charge is -2.09. The van der Waals surface area contributed by atoms with Crippen molar-refractivity contribution in [2.45, 2.75) is 19.4 Å². The van der Waals surface area contributed by atoms with Crippen molar-refractivity contribution in [3.63, 3.8) is 0 Å². The third kappa shape index (κ3) is 3.40. The zero-order valence-corrected chi connectivity index (χ0v) is 13.3. The van der Waals surface area contributed by atoms with Gasteiger partial charge >= 0.3 is 0 Å². The molecule has 1 atom stereocenters. The third-order valence-electron chi connectivity index (χ3n) is 3.67. The number of hydrogen-bond acceptors (Lipinski definition) is 5. The first-order valence-electron chi connectivity index (χ1n) is 7.48. The van der Waals surface area contributed by atoms with Crippen LogP contribution in [-0.2, 0) is 4.84 Å². The Morgan fingerprint density at radius 2 is 2.25 bits per heavy atom. The molecule has 24 heavy (non-hydrogen) atoms. The van der Waals surface area contributed by atoms with Crippen LogP contribution in [0, 0.1) is 12.7 Å². The molecule has 1 aromatic carbocycles. The van der Waals surface area contributed by atoms with E-state index in [1.807, 2.05) is 0 Å². The number of rotatable bonds is 5. The maximum atomic E-state index is 13.8. The van der Waals surface area contributed by atoms with E-state index in [1.165, 1.54) is 13.2 Å². The minimum atomic E-state index is -0.456. The van der Waals surface area contributed by atoms with Gasteiger partial charge in [-0.05, 0) is 37.3 Å². The van der Waals surface area contributed by atoms with Crippen molar-refractivity contribution in [1.29, 1.82) is 0 Å². The number of amides is 1. The SMILES string of the molecule is COc1ccc(C2=NO[C@H](CNC(=O)c3ccc(C)o3)C2)cc1F. The summed E-state index contributed by atoms with van der Waals surface area (Å²) in [4.78, 5) is 17.2. The van der Waals surface area contributed by atoms with E-state index in [9.17, 15) is 9.18 Å². The fourth-order valence-corrected chi connectivity index (χ4v) is 2.40. The van der Waals surface area contributed by atoms with Crippen LogP contribution in [0.5, 0.6) is 5.75 Å². The lowest BCUT2D eigenvalue weighted by Crippen LogP contribution is -2.32. The number of aryl methyl sites for hydroxylation is 1. The van der Waals surface area contributed by atoms with Crippen molar-refractivity contribution in [2.75, 3.05) is 13.7 Å². The highest BCUT2D eigenvalue weighted by molar-refractivity contribution is 6.01. The summed E-state index contributed by atoms with van der Waals surface area (Å²) in [5, 5.41) is 6.70. The van der Waals surface area contributed by atoms with Gasteiger partial charge in [0.25, 0.3) is 5.91 Å². The second kappa shape index (κ2) is 6.74. The van der Waals surface area contributed by atoms with Crippen LogP contribution in [0.2, 0.25) is 0 Å². The predicted octanol–water partition coefficient (Wildman–Crippen LogP) is 2.66. The maximum absolute atomic E-state index is 13.8. The molecule has 0 saturated carbocycles. The molecule has 3 rings (SSSR count). The summed E-state index contributed by atoms with van der Waals surface area (Å²) in [6.07, 6.45) is 0.175. The summed E-state index contributed by atoms with van der Waals surface area (Å²) in [6, 6.07) is 7.95. The molecule has 0 aliphatic carbocycles. The van der Waals surface area contributed by atoms with Crippen molar-refractivity contribution in [3.05, 3.63) is 53.2 Å². The first-order valence-corrected chi connectivity index (χ1v) is 7.48. The Balaban J connectivity index is 1.55. The molecule has 0 spiro atoms. The first kappa shape index (κ1) is 16.0. The van der Waals surface area contributed by atoms with Gasteiger partial charge in [-0.1, -0.05) is 5.16 Å².